The monoisotopic (exact) mass is 315 g/mol. The Kier molecular flexibility index (Phi) is 4.18. The number of rotatable bonds is 4. The minimum Gasteiger partial charge on any atom is -0.398 e. The van der Waals surface area contributed by atoms with Crippen molar-refractivity contribution in [2.75, 3.05) is 5.73 Å². The van der Waals surface area contributed by atoms with Crippen LogP contribution in [0, 0.1) is 0 Å². The van der Waals surface area contributed by atoms with Crippen molar-refractivity contribution in [1.82, 2.24) is 0 Å². The Morgan fingerprint density at radius 1 is 1.21 bits per heavy atom. The highest BCUT2D eigenvalue weighted by Gasteiger charge is 2.19. The van der Waals surface area contributed by atoms with Gasteiger partial charge in [0, 0.05) is 14.8 Å². The van der Waals surface area contributed by atoms with Gasteiger partial charge in [-0.05, 0) is 36.8 Å². The van der Waals surface area contributed by atoms with E-state index in [1.807, 2.05) is 19.1 Å². The van der Waals surface area contributed by atoms with Crippen molar-refractivity contribution in [3.8, 4) is 0 Å². The quantitative estimate of drug-likeness (QED) is 0.878. The summed E-state index contributed by atoms with van der Waals surface area (Å²) < 4.78 is 24.7. The van der Waals surface area contributed by atoms with Gasteiger partial charge in [-0.3, -0.25) is 0 Å². The summed E-state index contributed by atoms with van der Waals surface area (Å²) >= 11 is 7.35. The molecule has 6 heteroatoms. The summed E-state index contributed by atoms with van der Waals surface area (Å²) in [5, 5.41) is 0.369. The number of sulfone groups is 1. The lowest BCUT2D eigenvalue weighted by Crippen LogP contribution is -2.07. The van der Waals surface area contributed by atoms with E-state index in [1.54, 1.807) is 6.07 Å². The van der Waals surface area contributed by atoms with Crippen LogP contribution in [0.1, 0.15) is 16.7 Å². The van der Waals surface area contributed by atoms with Crippen LogP contribution in [0.5, 0.6) is 0 Å². The lowest BCUT2D eigenvalue weighted by molar-refractivity contribution is 0.596. The van der Waals surface area contributed by atoms with Crippen LogP contribution >= 0.6 is 22.9 Å². The Morgan fingerprint density at radius 2 is 1.89 bits per heavy atom. The van der Waals surface area contributed by atoms with E-state index in [1.165, 1.54) is 28.3 Å². The summed E-state index contributed by atoms with van der Waals surface area (Å²) in [5.74, 6) is -0.0395. The van der Waals surface area contributed by atoms with Crippen molar-refractivity contribution in [2.45, 2.75) is 24.0 Å². The minimum absolute atomic E-state index is 0.0395. The van der Waals surface area contributed by atoms with E-state index in [-0.39, 0.29) is 16.3 Å². The van der Waals surface area contributed by atoms with E-state index in [2.05, 4.69) is 0 Å². The van der Waals surface area contributed by atoms with Gasteiger partial charge in [-0.25, -0.2) is 8.42 Å². The first-order valence-electron chi connectivity index (χ1n) is 5.77. The Hall–Kier alpha value is -1.04. The molecule has 19 heavy (non-hydrogen) atoms. The highest BCUT2D eigenvalue weighted by Crippen LogP contribution is 2.28. The van der Waals surface area contributed by atoms with E-state index in [9.17, 15) is 8.42 Å². The van der Waals surface area contributed by atoms with Gasteiger partial charge in [0.1, 0.15) is 0 Å². The number of anilines is 1. The molecule has 0 amide bonds. The van der Waals surface area contributed by atoms with Gasteiger partial charge in [0.15, 0.2) is 9.84 Å². The Bertz CT molecular complexity index is 692. The van der Waals surface area contributed by atoms with Crippen LogP contribution in [-0.4, -0.2) is 8.42 Å². The smallest absolute Gasteiger partial charge is 0.185 e. The fraction of sp³-hybridized carbons (Fsp3) is 0.231. The molecule has 3 nitrogen and oxygen atoms in total. The third-order valence-electron chi connectivity index (χ3n) is 2.71. The van der Waals surface area contributed by atoms with Gasteiger partial charge in [0.05, 0.1) is 16.3 Å². The molecule has 0 aliphatic carbocycles. The van der Waals surface area contributed by atoms with Crippen LogP contribution < -0.4 is 5.73 Å². The summed E-state index contributed by atoms with van der Waals surface area (Å²) in [5.41, 5.74) is 5.96. The third kappa shape index (κ3) is 3.29. The summed E-state index contributed by atoms with van der Waals surface area (Å²) in [4.78, 5) is 2.09. The molecule has 0 spiro atoms. The summed E-state index contributed by atoms with van der Waals surface area (Å²) in [6.07, 6.45) is 0.907. The number of nitrogens with two attached hydrogens (primary N) is 1. The van der Waals surface area contributed by atoms with Gasteiger partial charge < -0.3 is 5.73 Å². The molecule has 2 N–H and O–H groups in total. The molecule has 0 bridgehead atoms. The van der Waals surface area contributed by atoms with Crippen LogP contribution in [0.15, 0.2) is 35.2 Å². The van der Waals surface area contributed by atoms with E-state index in [0.29, 0.717) is 5.02 Å². The molecule has 1 aromatic carbocycles. The fourth-order valence-corrected chi connectivity index (χ4v) is 4.78. The number of halogens is 1. The SMILES string of the molecule is CCc1ccc(CS(=O)(=O)c2cc(Cl)ccc2N)s1. The van der Waals surface area contributed by atoms with Gasteiger partial charge in [-0.15, -0.1) is 11.3 Å². The second-order valence-corrected chi connectivity index (χ2v) is 7.81. The maximum atomic E-state index is 12.3. The van der Waals surface area contributed by atoms with Crippen LogP contribution in [0.2, 0.25) is 5.02 Å². The molecule has 0 aliphatic rings. The Labute approximate surface area is 121 Å². The zero-order chi connectivity index (χ0) is 14.0. The number of aryl methyl sites for hydroxylation is 1. The Morgan fingerprint density at radius 3 is 2.53 bits per heavy atom. The minimum atomic E-state index is -3.46. The number of hydrogen-bond donors (Lipinski definition) is 1. The first kappa shape index (κ1) is 14.4. The molecule has 1 heterocycles. The van der Waals surface area contributed by atoms with Crippen LogP contribution in [-0.2, 0) is 22.0 Å². The van der Waals surface area contributed by atoms with Crippen molar-refractivity contribution >= 4 is 38.5 Å². The molecule has 102 valence electrons. The molecule has 2 rings (SSSR count). The van der Waals surface area contributed by atoms with Crippen LogP contribution in [0.25, 0.3) is 0 Å². The summed E-state index contributed by atoms with van der Waals surface area (Å²) in [7, 11) is -3.46. The zero-order valence-corrected chi connectivity index (χ0v) is 12.8. The molecule has 1 aromatic heterocycles. The predicted molar refractivity (Wildman–Crippen MR) is 80.5 cm³/mol. The molecule has 0 fully saturated rings. The lowest BCUT2D eigenvalue weighted by atomic mass is 10.3. The maximum Gasteiger partial charge on any atom is 0.185 e. The lowest BCUT2D eigenvalue weighted by Gasteiger charge is -2.07. The third-order valence-corrected chi connectivity index (χ3v) is 6.07. The molecular formula is C13H14ClNO2S2. The first-order valence-corrected chi connectivity index (χ1v) is 8.62. The molecule has 0 saturated heterocycles. The summed E-state index contributed by atoms with van der Waals surface area (Å²) in [6, 6.07) is 8.30. The van der Waals surface area contributed by atoms with Crippen LogP contribution in [0.4, 0.5) is 5.69 Å². The zero-order valence-electron chi connectivity index (χ0n) is 10.4. The molecule has 0 radical (unpaired) electrons. The average Bonchev–Trinajstić information content (AvgIpc) is 2.79. The molecule has 0 saturated carbocycles. The Balaban J connectivity index is 2.34. The number of hydrogen-bond acceptors (Lipinski definition) is 4. The highest BCUT2D eigenvalue weighted by molar-refractivity contribution is 7.91. The van der Waals surface area contributed by atoms with Gasteiger partial charge in [0.2, 0.25) is 0 Å². The van der Waals surface area contributed by atoms with Crippen molar-refractivity contribution in [2.24, 2.45) is 0 Å². The van der Waals surface area contributed by atoms with Crippen molar-refractivity contribution < 1.29 is 8.42 Å². The first-order chi connectivity index (χ1) is 8.92. The van der Waals surface area contributed by atoms with Gasteiger partial charge >= 0.3 is 0 Å². The fourth-order valence-electron chi connectivity index (χ4n) is 1.73. The van der Waals surface area contributed by atoms with Crippen molar-refractivity contribution in [3.05, 3.63) is 45.1 Å². The van der Waals surface area contributed by atoms with E-state index < -0.39 is 9.84 Å². The van der Waals surface area contributed by atoms with Gasteiger partial charge in [-0.2, -0.15) is 0 Å². The highest BCUT2D eigenvalue weighted by atomic mass is 35.5. The molecular weight excluding hydrogens is 302 g/mol. The standard InChI is InChI=1S/C13H14ClNO2S2/c1-2-10-4-5-11(18-10)8-19(16,17)13-7-9(14)3-6-12(13)15/h3-7H,2,8,15H2,1H3. The van der Waals surface area contributed by atoms with E-state index in [4.69, 9.17) is 17.3 Å². The summed E-state index contributed by atoms with van der Waals surface area (Å²) in [6.45, 7) is 2.04. The maximum absolute atomic E-state index is 12.3. The molecule has 0 aliphatic heterocycles. The number of benzene rings is 1. The van der Waals surface area contributed by atoms with Crippen molar-refractivity contribution in [1.29, 1.82) is 0 Å². The average molecular weight is 316 g/mol. The number of nitrogen functional groups attached to an aromatic ring is 1. The largest absolute Gasteiger partial charge is 0.398 e. The van der Waals surface area contributed by atoms with E-state index >= 15 is 0 Å². The number of thiophene rings is 1. The predicted octanol–water partition coefficient (Wildman–Crippen LogP) is 3.52. The normalized spacial score (nSPS) is 11.7. The molecule has 2 aromatic rings. The van der Waals surface area contributed by atoms with Crippen LogP contribution in [0.3, 0.4) is 0 Å². The second-order valence-electron chi connectivity index (χ2n) is 4.16. The van der Waals surface area contributed by atoms with Crippen molar-refractivity contribution in [3.63, 3.8) is 0 Å². The molecule has 0 atom stereocenters. The topological polar surface area (TPSA) is 60.2 Å². The van der Waals surface area contributed by atoms with Gasteiger partial charge in [-0.1, -0.05) is 18.5 Å². The second kappa shape index (κ2) is 5.53. The molecule has 0 unspecified atom stereocenters. The van der Waals surface area contributed by atoms with E-state index in [0.717, 1.165) is 11.3 Å². The van der Waals surface area contributed by atoms with Gasteiger partial charge in [0.25, 0.3) is 0 Å².